The van der Waals surface area contributed by atoms with Gasteiger partial charge in [0.1, 0.15) is 0 Å². The van der Waals surface area contributed by atoms with Crippen LogP contribution in [0.3, 0.4) is 0 Å². The number of carbonyl (C=O) groups is 1. The molecule has 1 heteroatoms. The van der Waals surface area contributed by atoms with E-state index in [1.54, 1.807) is 0 Å². The van der Waals surface area contributed by atoms with Gasteiger partial charge in [0.25, 0.3) is 0 Å². The lowest BCUT2D eigenvalue weighted by Crippen LogP contribution is -2.22. The molecule has 0 atom stereocenters. The Balaban J connectivity index is 2.15. The number of Topliss-reactive ketones (excluding diaryl/α,β-unsaturated/α-hetero) is 1. The van der Waals surface area contributed by atoms with E-state index < -0.39 is 0 Å². The van der Waals surface area contributed by atoms with Gasteiger partial charge in [-0.15, -0.1) is 0 Å². The first kappa shape index (κ1) is 12.3. The highest BCUT2D eigenvalue weighted by molar-refractivity contribution is 5.98. The smallest absolute Gasteiger partial charge is 0.165 e. The second kappa shape index (κ2) is 4.64. The monoisotopic (exact) mass is 230 g/mol. The van der Waals surface area contributed by atoms with Gasteiger partial charge >= 0.3 is 0 Å². The van der Waals surface area contributed by atoms with Crippen LogP contribution in [-0.4, -0.2) is 5.78 Å². The molecule has 1 aromatic rings. The quantitative estimate of drug-likeness (QED) is 0.702. The first-order valence-electron chi connectivity index (χ1n) is 6.69. The molecule has 1 saturated carbocycles. The van der Waals surface area contributed by atoms with Crippen molar-refractivity contribution in [1.29, 1.82) is 0 Å². The molecule has 1 fully saturated rings. The van der Waals surface area contributed by atoms with Crippen molar-refractivity contribution < 1.29 is 4.79 Å². The van der Waals surface area contributed by atoms with Crippen molar-refractivity contribution in [3.8, 4) is 0 Å². The van der Waals surface area contributed by atoms with E-state index in [1.165, 1.54) is 12.0 Å². The summed E-state index contributed by atoms with van der Waals surface area (Å²) in [7, 11) is 0. The van der Waals surface area contributed by atoms with Gasteiger partial charge in [-0.2, -0.15) is 0 Å². The third kappa shape index (κ3) is 2.43. The van der Waals surface area contributed by atoms with Crippen molar-refractivity contribution >= 4 is 5.78 Å². The maximum Gasteiger partial charge on any atom is 0.165 e. The highest BCUT2D eigenvalue weighted by atomic mass is 16.1. The van der Waals surface area contributed by atoms with E-state index in [0.717, 1.165) is 24.8 Å². The fraction of sp³-hybridized carbons (Fsp3) is 0.562. The van der Waals surface area contributed by atoms with Gasteiger partial charge in [-0.25, -0.2) is 0 Å². The summed E-state index contributed by atoms with van der Waals surface area (Å²) in [6.45, 7) is 6.69. The normalized spacial score (nSPS) is 16.6. The van der Waals surface area contributed by atoms with Gasteiger partial charge in [0.05, 0.1) is 0 Å². The van der Waals surface area contributed by atoms with E-state index in [2.05, 4.69) is 32.9 Å². The summed E-state index contributed by atoms with van der Waals surface area (Å²) in [4.78, 5) is 12.1. The topological polar surface area (TPSA) is 17.1 Å². The summed E-state index contributed by atoms with van der Waals surface area (Å²) in [5.74, 6) is 0.650. The highest BCUT2D eigenvalue weighted by Gasteiger charge is 2.26. The first-order chi connectivity index (χ1) is 8.04. The van der Waals surface area contributed by atoms with Crippen LogP contribution in [0, 0.1) is 5.92 Å². The van der Waals surface area contributed by atoms with Crippen LogP contribution in [0.5, 0.6) is 0 Å². The molecule has 0 heterocycles. The van der Waals surface area contributed by atoms with Gasteiger partial charge < -0.3 is 0 Å². The molecule has 0 spiro atoms. The fourth-order valence-electron chi connectivity index (χ4n) is 2.20. The average Bonchev–Trinajstić information content (AvgIpc) is 2.27. The lowest BCUT2D eigenvalue weighted by molar-refractivity contribution is 0.0855. The largest absolute Gasteiger partial charge is 0.294 e. The maximum atomic E-state index is 12.1. The summed E-state index contributed by atoms with van der Waals surface area (Å²) in [6, 6.07) is 8.26. The SMILES string of the molecule is CCC(C)(C)c1ccc(C(=O)C2CCC2)cc1. The van der Waals surface area contributed by atoms with Crippen LogP contribution in [0.15, 0.2) is 24.3 Å². The Labute approximate surface area is 104 Å². The number of carbonyl (C=O) groups excluding carboxylic acids is 1. The second-order valence-corrected chi connectivity index (χ2v) is 5.81. The molecule has 0 saturated heterocycles. The van der Waals surface area contributed by atoms with Crippen molar-refractivity contribution in [2.45, 2.75) is 51.9 Å². The molecule has 1 aliphatic rings. The van der Waals surface area contributed by atoms with E-state index in [4.69, 9.17) is 0 Å². The van der Waals surface area contributed by atoms with E-state index in [1.807, 2.05) is 12.1 Å². The molecule has 0 unspecified atom stereocenters. The Morgan fingerprint density at radius 3 is 2.24 bits per heavy atom. The molecular weight excluding hydrogens is 208 g/mol. The molecular formula is C16H22O. The minimum Gasteiger partial charge on any atom is -0.294 e. The van der Waals surface area contributed by atoms with Gasteiger partial charge in [-0.1, -0.05) is 51.5 Å². The molecule has 0 N–H and O–H groups in total. The van der Waals surface area contributed by atoms with Crippen LogP contribution in [-0.2, 0) is 5.41 Å². The maximum absolute atomic E-state index is 12.1. The number of hydrogen-bond donors (Lipinski definition) is 0. The van der Waals surface area contributed by atoms with Crippen LogP contribution in [0.1, 0.15) is 62.4 Å². The first-order valence-corrected chi connectivity index (χ1v) is 6.69. The van der Waals surface area contributed by atoms with Gasteiger partial charge in [-0.3, -0.25) is 4.79 Å². The van der Waals surface area contributed by atoms with Crippen molar-refractivity contribution in [3.05, 3.63) is 35.4 Å². The van der Waals surface area contributed by atoms with Gasteiger partial charge in [-0.05, 0) is 30.2 Å². The Morgan fingerprint density at radius 2 is 1.82 bits per heavy atom. The van der Waals surface area contributed by atoms with Crippen molar-refractivity contribution in [2.75, 3.05) is 0 Å². The predicted octanol–water partition coefficient (Wildman–Crippen LogP) is 4.36. The summed E-state index contributed by atoms with van der Waals surface area (Å²) in [6.07, 6.45) is 4.50. The summed E-state index contributed by atoms with van der Waals surface area (Å²) in [5.41, 5.74) is 2.42. The van der Waals surface area contributed by atoms with Gasteiger partial charge in [0.15, 0.2) is 5.78 Å². The fourth-order valence-corrected chi connectivity index (χ4v) is 2.20. The Bertz CT molecular complexity index is 396. The molecule has 0 bridgehead atoms. The molecule has 0 amide bonds. The number of hydrogen-bond acceptors (Lipinski definition) is 1. The van der Waals surface area contributed by atoms with Crippen LogP contribution >= 0.6 is 0 Å². The molecule has 17 heavy (non-hydrogen) atoms. The van der Waals surface area contributed by atoms with E-state index in [9.17, 15) is 4.79 Å². The molecule has 1 aliphatic carbocycles. The van der Waals surface area contributed by atoms with Gasteiger partial charge in [0.2, 0.25) is 0 Å². The molecule has 0 aromatic heterocycles. The Morgan fingerprint density at radius 1 is 1.24 bits per heavy atom. The summed E-state index contributed by atoms with van der Waals surface area (Å²) in [5, 5.41) is 0. The zero-order valence-electron chi connectivity index (χ0n) is 11.1. The zero-order chi connectivity index (χ0) is 12.5. The van der Waals surface area contributed by atoms with E-state index in [0.29, 0.717) is 11.7 Å². The second-order valence-electron chi connectivity index (χ2n) is 5.81. The number of ketones is 1. The minimum atomic E-state index is 0.206. The van der Waals surface area contributed by atoms with Crippen LogP contribution in [0.4, 0.5) is 0 Å². The average molecular weight is 230 g/mol. The van der Waals surface area contributed by atoms with Crippen LogP contribution < -0.4 is 0 Å². The molecule has 1 nitrogen and oxygen atoms in total. The standard InChI is InChI=1S/C16H22O/c1-4-16(2,3)14-10-8-13(9-11-14)15(17)12-6-5-7-12/h8-12H,4-7H2,1-3H3. The molecule has 2 rings (SSSR count). The molecule has 0 aliphatic heterocycles. The van der Waals surface area contributed by atoms with E-state index in [-0.39, 0.29) is 5.41 Å². The summed E-state index contributed by atoms with van der Waals surface area (Å²) < 4.78 is 0. The number of benzene rings is 1. The third-order valence-electron chi connectivity index (χ3n) is 4.31. The number of rotatable bonds is 4. The third-order valence-corrected chi connectivity index (χ3v) is 4.31. The van der Waals surface area contributed by atoms with Crippen molar-refractivity contribution in [2.24, 2.45) is 5.92 Å². The Kier molecular flexibility index (Phi) is 3.37. The lowest BCUT2D eigenvalue weighted by Gasteiger charge is -2.25. The molecule has 1 aromatic carbocycles. The van der Waals surface area contributed by atoms with E-state index >= 15 is 0 Å². The van der Waals surface area contributed by atoms with Crippen molar-refractivity contribution in [3.63, 3.8) is 0 Å². The minimum absolute atomic E-state index is 0.206. The highest BCUT2D eigenvalue weighted by Crippen LogP contribution is 2.31. The van der Waals surface area contributed by atoms with Gasteiger partial charge in [0, 0.05) is 11.5 Å². The predicted molar refractivity (Wildman–Crippen MR) is 71.4 cm³/mol. The summed E-state index contributed by atoms with van der Waals surface area (Å²) >= 11 is 0. The lowest BCUT2D eigenvalue weighted by atomic mass is 9.78. The van der Waals surface area contributed by atoms with Crippen LogP contribution in [0.25, 0.3) is 0 Å². The van der Waals surface area contributed by atoms with Crippen molar-refractivity contribution in [1.82, 2.24) is 0 Å². The molecule has 0 radical (unpaired) electrons. The van der Waals surface area contributed by atoms with Crippen LogP contribution in [0.2, 0.25) is 0 Å². The molecule has 92 valence electrons. The Hall–Kier alpha value is -1.11. The zero-order valence-corrected chi connectivity index (χ0v) is 11.1.